The molecule has 2 aliphatic rings. The number of dihydropyridines is 1. The van der Waals surface area contributed by atoms with Gasteiger partial charge in [-0.25, -0.2) is 4.98 Å². The molecule has 2 amide bonds. The Hall–Kier alpha value is -3.50. The number of carbonyl (C=O) groups excluding carboxylic acids is 2. The van der Waals surface area contributed by atoms with Crippen LogP contribution in [-0.4, -0.2) is 52.5 Å². The number of nitrogens with one attached hydrogen (secondary N) is 4. The van der Waals surface area contributed by atoms with Crippen LogP contribution in [0.4, 0.5) is 5.82 Å². The number of pyridine rings is 1. The van der Waals surface area contributed by atoms with Crippen LogP contribution in [0.15, 0.2) is 65.5 Å². The van der Waals surface area contributed by atoms with Crippen LogP contribution in [0.2, 0.25) is 0 Å². The molecule has 2 aromatic rings. The van der Waals surface area contributed by atoms with E-state index < -0.39 is 22.7 Å². The van der Waals surface area contributed by atoms with Crippen LogP contribution in [0.3, 0.4) is 0 Å². The summed E-state index contributed by atoms with van der Waals surface area (Å²) in [6.45, 7) is 3.59. The highest BCUT2D eigenvalue weighted by molar-refractivity contribution is 7.84. The zero-order chi connectivity index (χ0) is 24.8. The molecule has 2 aliphatic heterocycles. The van der Waals surface area contributed by atoms with Gasteiger partial charge in [0.25, 0.3) is 11.8 Å². The predicted octanol–water partition coefficient (Wildman–Crippen LogP) is 2.00. The molecule has 0 radical (unpaired) electrons. The lowest BCUT2D eigenvalue weighted by atomic mass is 10.1. The van der Waals surface area contributed by atoms with E-state index in [1.807, 2.05) is 13.0 Å². The molecule has 0 bridgehead atoms. The van der Waals surface area contributed by atoms with Gasteiger partial charge in [-0.3, -0.25) is 13.8 Å². The molecule has 4 rings (SSSR count). The summed E-state index contributed by atoms with van der Waals surface area (Å²) in [5.74, 6) is 0.0208. The quantitative estimate of drug-likeness (QED) is 0.464. The number of carbonyl (C=O) groups is 2. The number of ether oxygens (including phenoxy) is 1. The summed E-state index contributed by atoms with van der Waals surface area (Å²) >= 11 is 0. The van der Waals surface area contributed by atoms with E-state index in [9.17, 15) is 13.8 Å². The van der Waals surface area contributed by atoms with Gasteiger partial charge in [0.2, 0.25) is 0 Å². The molecule has 9 nitrogen and oxygen atoms in total. The van der Waals surface area contributed by atoms with Crippen LogP contribution >= 0.6 is 0 Å². The monoisotopic (exact) mass is 495 g/mol. The third-order valence-electron chi connectivity index (χ3n) is 5.74. The van der Waals surface area contributed by atoms with Crippen molar-refractivity contribution in [2.75, 3.05) is 24.7 Å². The summed E-state index contributed by atoms with van der Waals surface area (Å²) < 4.78 is 18.2. The molecule has 0 saturated carbocycles. The van der Waals surface area contributed by atoms with Crippen LogP contribution in [0.5, 0.6) is 5.75 Å². The molecule has 184 valence electrons. The second-order valence-corrected chi connectivity index (χ2v) is 9.80. The standard InChI is InChI=1S/C25H29N5O4S/c1-16-5-8-22(28-15-16)30-25(32)23-20(4-3-11-27-23)29-24(31)19-7-6-18(35(2)33)14-21(19)34-17-9-12-26-13-10-17/h3-8,11,14-15,17,23,26-27H,9-10,12-13H2,1-2H3,(H,29,31)(H,28,30,32). The zero-order valence-corrected chi connectivity index (χ0v) is 20.5. The maximum Gasteiger partial charge on any atom is 0.259 e. The first-order valence-corrected chi connectivity index (χ1v) is 13.0. The molecule has 0 spiro atoms. The minimum absolute atomic E-state index is 0.0395. The Bertz CT molecular complexity index is 1170. The molecular formula is C25H29N5O4S. The summed E-state index contributed by atoms with van der Waals surface area (Å²) in [7, 11) is -1.22. The van der Waals surface area contributed by atoms with Crippen molar-refractivity contribution in [2.24, 2.45) is 0 Å². The van der Waals surface area contributed by atoms with Crippen molar-refractivity contribution in [1.29, 1.82) is 0 Å². The number of aryl methyl sites for hydroxylation is 1. The largest absolute Gasteiger partial charge is 0.489 e. The van der Waals surface area contributed by atoms with E-state index in [4.69, 9.17) is 4.74 Å². The highest BCUT2D eigenvalue weighted by Crippen LogP contribution is 2.26. The Morgan fingerprint density at radius 2 is 1.94 bits per heavy atom. The van der Waals surface area contributed by atoms with E-state index >= 15 is 0 Å². The average molecular weight is 496 g/mol. The number of hydrogen-bond donors (Lipinski definition) is 4. The van der Waals surface area contributed by atoms with Crippen molar-refractivity contribution in [3.05, 3.63) is 71.7 Å². The van der Waals surface area contributed by atoms with E-state index in [0.29, 0.717) is 27.7 Å². The number of anilines is 1. The summed E-state index contributed by atoms with van der Waals surface area (Å²) in [4.78, 5) is 31.0. The Labute approximate surface area is 206 Å². The second-order valence-electron chi connectivity index (χ2n) is 8.42. The highest BCUT2D eigenvalue weighted by Gasteiger charge is 2.27. The lowest BCUT2D eigenvalue weighted by Gasteiger charge is -2.26. The minimum Gasteiger partial charge on any atom is -0.489 e. The maximum atomic E-state index is 13.3. The van der Waals surface area contributed by atoms with Crippen LogP contribution < -0.4 is 26.0 Å². The lowest BCUT2D eigenvalue weighted by molar-refractivity contribution is -0.117. The Balaban J connectivity index is 1.52. The SMILES string of the molecule is Cc1ccc(NC(=O)C2NC=CC=C2NC(=O)c2ccc(S(C)=O)cc2OC2CCNCC2)nc1. The van der Waals surface area contributed by atoms with Crippen molar-refractivity contribution in [2.45, 2.75) is 36.8 Å². The number of amides is 2. The van der Waals surface area contributed by atoms with Gasteiger partial charge in [-0.05, 0) is 81.0 Å². The van der Waals surface area contributed by atoms with E-state index in [1.54, 1.807) is 55.1 Å². The number of aromatic nitrogens is 1. The maximum absolute atomic E-state index is 13.3. The summed E-state index contributed by atoms with van der Waals surface area (Å²) in [6, 6.07) is 7.68. The summed E-state index contributed by atoms with van der Waals surface area (Å²) in [6.07, 6.45) is 9.86. The second kappa shape index (κ2) is 11.3. The fourth-order valence-electron chi connectivity index (χ4n) is 3.82. The predicted molar refractivity (Wildman–Crippen MR) is 135 cm³/mol. The van der Waals surface area contributed by atoms with Crippen LogP contribution in [0, 0.1) is 6.92 Å². The molecule has 2 atom stereocenters. The molecular weight excluding hydrogens is 466 g/mol. The van der Waals surface area contributed by atoms with Gasteiger partial charge >= 0.3 is 0 Å². The molecule has 1 saturated heterocycles. The third kappa shape index (κ3) is 6.34. The van der Waals surface area contributed by atoms with E-state index in [2.05, 4.69) is 26.3 Å². The van der Waals surface area contributed by atoms with Gasteiger partial charge in [-0.15, -0.1) is 0 Å². The Morgan fingerprint density at radius 3 is 2.66 bits per heavy atom. The topological polar surface area (TPSA) is 121 Å². The van der Waals surface area contributed by atoms with Gasteiger partial charge in [-0.2, -0.15) is 0 Å². The molecule has 3 heterocycles. The number of hydrogen-bond acceptors (Lipinski definition) is 7. The van der Waals surface area contributed by atoms with E-state index in [-0.39, 0.29) is 12.0 Å². The van der Waals surface area contributed by atoms with Crippen molar-refractivity contribution in [1.82, 2.24) is 20.9 Å². The molecule has 35 heavy (non-hydrogen) atoms. The first kappa shape index (κ1) is 24.6. The molecule has 2 unspecified atom stereocenters. The fourth-order valence-corrected chi connectivity index (χ4v) is 4.35. The van der Waals surface area contributed by atoms with Gasteiger partial charge in [0, 0.05) is 28.1 Å². The zero-order valence-electron chi connectivity index (χ0n) is 19.7. The summed E-state index contributed by atoms with van der Waals surface area (Å²) in [5, 5.41) is 11.9. The molecule has 1 aromatic carbocycles. The summed E-state index contributed by atoms with van der Waals surface area (Å²) in [5.41, 5.74) is 1.68. The first-order chi connectivity index (χ1) is 16.9. The molecule has 4 N–H and O–H groups in total. The molecule has 1 aromatic heterocycles. The fraction of sp³-hybridized carbons (Fsp3) is 0.320. The van der Waals surface area contributed by atoms with Crippen molar-refractivity contribution in [3.8, 4) is 5.75 Å². The third-order valence-corrected chi connectivity index (χ3v) is 6.66. The van der Waals surface area contributed by atoms with Crippen LogP contribution in [0.1, 0.15) is 28.8 Å². The van der Waals surface area contributed by atoms with Crippen molar-refractivity contribution < 1.29 is 18.5 Å². The molecule has 0 aliphatic carbocycles. The Morgan fingerprint density at radius 1 is 1.14 bits per heavy atom. The average Bonchev–Trinajstić information content (AvgIpc) is 2.86. The number of piperidine rings is 1. The van der Waals surface area contributed by atoms with Crippen molar-refractivity contribution in [3.63, 3.8) is 0 Å². The smallest absolute Gasteiger partial charge is 0.259 e. The number of rotatable bonds is 7. The van der Waals surface area contributed by atoms with Crippen LogP contribution in [-0.2, 0) is 15.6 Å². The van der Waals surface area contributed by atoms with Gasteiger partial charge in [0.05, 0.1) is 11.3 Å². The van der Waals surface area contributed by atoms with Crippen molar-refractivity contribution >= 4 is 28.4 Å². The van der Waals surface area contributed by atoms with Crippen LogP contribution in [0.25, 0.3) is 0 Å². The van der Waals surface area contributed by atoms with Gasteiger partial charge in [-0.1, -0.05) is 6.07 Å². The number of nitrogens with zero attached hydrogens (tertiary/aromatic N) is 1. The number of benzene rings is 1. The lowest BCUT2D eigenvalue weighted by Crippen LogP contribution is -2.46. The van der Waals surface area contributed by atoms with Gasteiger partial charge < -0.3 is 26.0 Å². The van der Waals surface area contributed by atoms with Gasteiger partial charge in [0.1, 0.15) is 23.7 Å². The first-order valence-electron chi connectivity index (χ1n) is 11.4. The van der Waals surface area contributed by atoms with Gasteiger partial charge in [0.15, 0.2) is 0 Å². The molecule has 1 fully saturated rings. The Kier molecular flexibility index (Phi) is 7.94. The highest BCUT2D eigenvalue weighted by atomic mass is 32.2. The van der Waals surface area contributed by atoms with E-state index in [0.717, 1.165) is 31.5 Å². The van der Waals surface area contributed by atoms with E-state index in [1.165, 1.54) is 0 Å². The minimum atomic E-state index is -1.22. The normalized spacial score (nSPS) is 18.7. The molecule has 10 heteroatoms. The number of allylic oxidation sites excluding steroid dienone is 2.